The average Bonchev–Trinajstić information content (AvgIpc) is 2.88. The third kappa shape index (κ3) is 4.23. The average molecular weight is 571 g/mol. The molecule has 5 rings (SSSR count). The minimum absolute atomic E-state index is 0.0346. The molecular formula is C29H38N4O8. The molecule has 1 heterocycles. The number of hydrogen-bond donors (Lipinski definition) is 4. The first kappa shape index (κ1) is 29.1. The lowest BCUT2D eigenvalue weighted by atomic mass is 9.58. The smallest absolute Gasteiger partial charge is 0.255 e. The van der Waals surface area contributed by atoms with E-state index in [1.165, 1.54) is 7.11 Å². The van der Waals surface area contributed by atoms with Crippen molar-refractivity contribution in [2.75, 3.05) is 66.5 Å². The molecular weight excluding hydrogens is 532 g/mol. The molecule has 0 bridgehead atoms. The number of nitrogens with zero attached hydrogens (tertiary/aromatic N) is 3. The van der Waals surface area contributed by atoms with Gasteiger partial charge in [-0.15, -0.1) is 0 Å². The molecule has 1 aromatic carbocycles. The maximum atomic E-state index is 14.1. The number of likely N-dealkylation sites (N-methyl/N-ethyl adjacent to an activating group) is 1. The third-order valence-electron chi connectivity index (χ3n) is 9.01. The highest BCUT2D eigenvalue weighted by atomic mass is 16.5. The molecule has 5 N–H and O–H groups in total. The van der Waals surface area contributed by atoms with Gasteiger partial charge in [0.1, 0.15) is 22.8 Å². The highest BCUT2D eigenvalue weighted by Gasteiger charge is 2.64. The van der Waals surface area contributed by atoms with E-state index in [0.29, 0.717) is 31.7 Å². The minimum Gasteiger partial charge on any atom is -0.510 e. The molecule has 0 aromatic heterocycles. The van der Waals surface area contributed by atoms with Crippen LogP contribution in [0.25, 0.3) is 0 Å². The van der Waals surface area contributed by atoms with Crippen LogP contribution in [-0.4, -0.2) is 116 Å². The van der Waals surface area contributed by atoms with Crippen LogP contribution in [0.2, 0.25) is 0 Å². The first-order chi connectivity index (χ1) is 19.4. The standard InChI is InChI=1S/C29H38N4O8/c1-31(2)22-15(13-33-6-8-41-9-7-33)12-18(34)20-16(22)10-14-11-17-23(32(3)4)25(36)21(28(30)39)27(38)29(17,40-5)26(37)19(14)24(20)35/h12,14,17,23,34,36-37H,6-11,13H2,1-5H3,(H2,30,39)/t14-,17-,23-,29-/m0/s1. The zero-order chi connectivity index (χ0) is 30.0. The molecule has 12 nitrogen and oxygen atoms in total. The van der Waals surface area contributed by atoms with Crippen LogP contribution >= 0.6 is 0 Å². The van der Waals surface area contributed by atoms with E-state index in [1.807, 2.05) is 19.0 Å². The van der Waals surface area contributed by atoms with Crippen molar-refractivity contribution < 1.29 is 39.2 Å². The number of carbonyl (C=O) groups is 3. The Bertz CT molecular complexity index is 1380. The lowest BCUT2D eigenvalue weighted by molar-refractivity contribution is -0.154. The molecule has 1 amide bonds. The maximum absolute atomic E-state index is 14.1. The minimum atomic E-state index is -2.11. The Morgan fingerprint density at radius 2 is 1.83 bits per heavy atom. The molecule has 1 aromatic rings. The number of morpholine rings is 1. The van der Waals surface area contributed by atoms with Gasteiger partial charge in [-0.1, -0.05) is 0 Å². The number of phenolic OH excluding ortho intramolecular Hbond substituents is 1. The van der Waals surface area contributed by atoms with Gasteiger partial charge in [0.2, 0.25) is 5.78 Å². The number of allylic oxidation sites excluding steroid dienone is 1. The molecule has 1 aliphatic heterocycles. The summed E-state index contributed by atoms with van der Waals surface area (Å²) in [5.41, 5.74) is 5.11. The molecule has 4 aliphatic rings. The summed E-state index contributed by atoms with van der Waals surface area (Å²) in [4.78, 5) is 46.0. The summed E-state index contributed by atoms with van der Waals surface area (Å²) < 4.78 is 11.2. The van der Waals surface area contributed by atoms with Gasteiger partial charge in [-0.3, -0.25) is 24.2 Å². The molecule has 1 saturated heterocycles. The van der Waals surface area contributed by atoms with Crippen LogP contribution in [0.15, 0.2) is 28.7 Å². The van der Waals surface area contributed by atoms with Crippen molar-refractivity contribution in [2.24, 2.45) is 17.6 Å². The van der Waals surface area contributed by atoms with Crippen LogP contribution in [0.3, 0.4) is 0 Å². The molecule has 0 spiro atoms. The zero-order valence-corrected chi connectivity index (χ0v) is 24.1. The van der Waals surface area contributed by atoms with Gasteiger partial charge < -0.3 is 35.4 Å². The van der Waals surface area contributed by atoms with Crippen molar-refractivity contribution in [3.05, 3.63) is 45.4 Å². The Balaban J connectivity index is 1.69. The topological polar surface area (TPSA) is 166 Å². The summed E-state index contributed by atoms with van der Waals surface area (Å²) in [5.74, 6) is -5.43. The Kier molecular flexibility index (Phi) is 7.39. The Labute approximate surface area is 238 Å². The first-order valence-corrected chi connectivity index (χ1v) is 13.7. The van der Waals surface area contributed by atoms with Crippen molar-refractivity contribution in [1.29, 1.82) is 0 Å². The van der Waals surface area contributed by atoms with Gasteiger partial charge in [0, 0.05) is 58.0 Å². The van der Waals surface area contributed by atoms with Gasteiger partial charge in [-0.2, -0.15) is 0 Å². The summed E-state index contributed by atoms with van der Waals surface area (Å²) in [6.07, 6.45) is 0.487. The zero-order valence-electron chi connectivity index (χ0n) is 24.1. The maximum Gasteiger partial charge on any atom is 0.255 e. The second-order valence-corrected chi connectivity index (χ2v) is 11.7. The van der Waals surface area contributed by atoms with Crippen molar-refractivity contribution in [2.45, 2.75) is 31.0 Å². The molecule has 4 atom stereocenters. The second-order valence-electron chi connectivity index (χ2n) is 11.7. The SMILES string of the molecule is CO[C@@]12C(=O)C(C(N)=O)=C(O)[C@@H](N(C)C)[C@@H]1C[C@@H]1Cc3c(c(O)cc(CN4CCOCC4)c3N(C)C)C(=O)C1=C2O. The van der Waals surface area contributed by atoms with Gasteiger partial charge in [0.15, 0.2) is 11.4 Å². The van der Waals surface area contributed by atoms with Crippen LogP contribution in [0, 0.1) is 11.8 Å². The number of aromatic hydroxyl groups is 1. The van der Waals surface area contributed by atoms with Crippen LogP contribution < -0.4 is 10.6 Å². The van der Waals surface area contributed by atoms with E-state index >= 15 is 0 Å². The number of amides is 1. The van der Waals surface area contributed by atoms with E-state index in [-0.39, 0.29) is 23.3 Å². The molecule has 12 heteroatoms. The van der Waals surface area contributed by atoms with Gasteiger partial charge in [-0.25, -0.2) is 0 Å². The van der Waals surface area contributed by atoms with E-state index in [2.05, 4.69) is 4.90 Å². The fraction of sp³-hybridized carbons (Fsp3) is 0.552. The van der Waals surface area contributed by atoms with Crippen molar-refractivity contribution in [3.8, 4) is 5.75 Å². The van der Waals surface area contributed by atoms with Crippen LogP contribution in [-0.2, 0) is 32.0 Å². The monoisotopic (exact) mass is 570 g/mol. The molecule has 3 aliphatic carbocycles. The highest BCUT2D eigenvalue weighted by Crippen LogP contribution is 2.54. The number of anilines is 1. The Morgan fingerprint density at radius 3 is 2.39 bits per heavy atom. The predicted octanol–water partition coefficient (Wildman–Crippen LogP) is 0.673. The number of primary amides is 1. The van der Waals surface area contributed by atoms with E-state index in [1.54, 1.807) is 25.1 Å². The van der Waals surface area contributed by atoms with E-state index in [9.17, 15) is 29.7 Å². The largest absolute Gasteiger partial charge is 0.510 e. The quantitative estimate of drug-likeness (QED) is 0.355. The molecule has 0 radical (unpaired) electrons. The lowest BCUT2D eigenvalue weighted by Crippen LogP contribution is -2.64. The number of benzene rings is 1. The summed E-state index contributed by atoms with van der Waals surface area (Å²) in [5, 5.41) is 34.0. The van der Waals surface area contributed by atoms with Crippen molar-refractivity contribution >= 4 is 23.2 Å². The van der Waals surface area contributed by atoms with Gasteiger partial charge in [-0.05, 0) is 50.0 Å². The summed E-state index contributed by atoms with van der Waals surface area (Å²) in [7, 11) is 8.34. The molecule has 0 unspecified atom stereocenters. The summed E-state index contributed by atoms with van der Waals surface area (Å²) in [6.45, 7) is 3.30. The number of ether oxygens (including phenoxy) is 2. The summed E-state index contributed by atoms with van der Waals surface area (Å²) >= 11 is 0. The number of Topliss-reactive ketones (excluding diaryl/α,β-unsaturated/α-hetero) is 2. The number of aliphatic hydroxyl groups excluding tert-OH is 2. The molecule has 1 fully saturated rings. The number of ketones is 2. The van der Waals surface area contributed by atoms with Crippen LogP contribution in [0.4, 0.5) is 5.69 Å². The number of rotatable bonds is 6. The number of fused-ring (bicyclic) bond motifs is 3. The molecule has 0 saturated carbocycles. The fourth-order valence-corrected chi connectivity index (χ4v) is 7.37. The van der Waals surface area contributed by atoms with Crippen LogP contribution in [0.1, 0.15) is 27.9 Å². The van der Waals surface area contributed by atoms with E-state index in [4.69, 9.17) is 15.2 Å². The first-order valence-electron chi connectivity index (χ1n) is 13.7. The van der Waals surface area contributed by atoms with Gasteiger partial charge >= 0.3 is 0 Å². The van der Waals surface area contributed by atoms with E-state index < -0.39 is 58.0 Å². The molecule has 222 valence electrons. The highest BCUT2D eigenvalue weighted by molar-refractivity contribution is 6.25. The van der Waals surface area contributed by atoms with Crippen LogP contribution in [0.5, 0.6) is 5.75 Å². The lowest BCUT2D eigenvalue weighted by Gasteiger charge is -2.51. The number of phenols is 1. The Morgan fingerprint density at radius 1 is 1.17 bits per heavy atom. The molecule has 41 heavy (non-hydrogen) atoms. The van der Waals surface area contributed by atoms with Gasteiger partial charge in [0.25, 0.3) is 5.91 Å². The number of methoxy groups -OCH3 is 1. The van der Waals surface area contributed by atoms with Crippen molar-refractivity contribution in [1.82, 2.24) is 9.80 Å². The van der Waals surface area contributed by atoms with Crippen molar-refractivity contribution in [3.63, 3.8) is 0 Å². The summed E-state index contributed by atoms with van der Waals surface area (Å²) in [6, 6.07) is 0.696. The number of aliphatic hydroxyl groups is 2. The normalized spacial score (nSPS) is 28.5. The Hall–Kier alpha value is -3.45. The number of hydrogen-bond acceptors (Lipinski definition) is 11. The fourth-order valence-electron chi connectivity index (χ4n) is 7.37. The predicted molar refractivity (Wildman–Crippen MR) is 149 cm³/mol. The second kappa shape index (κ2) is 10.4. The van der Waals surface area contributed by atoms with E-state index in [0.717, 1.165) is 24.3 Å². The third-order valence-corrected chi connectivity index (χ3v) is 9.01. The number of nitrogens with two attached hydrogens (primary N) is 1. The number of carbonyl (C=O) groups excluding carboxylic acids is 3. The van der Waals surface area contributed by atoms with Gasteiger partial charge in [0.05, 0.1) is 24.8 Å².